The molecule has 0 spiro atoms. The Bertz CT molecular complexity index is 386. The summed E-state index contributed by atoms with van der Waals surface area (Å²) in [7, 11) is 0. The topological polar surface area (TPSA) is 26.3 Å². The second kappa shape index (κ2) is 4.86. The quantitative estimate of drug-likeness (QED) is 0.585. The van der Waals surface area contributed by atoms with E-state index in [1.165, 1.54) is 0 Å². The average molecular weight is 247 g/mol. The van der Waals surface area contributed by atoms with Gasteiger partial charge in [-0.05, 0) is 24.6 Å². The molecule has 1 rings (SSSR count). The van der Waals surface area contributed by atoms with Crippen molar-refractivity contribution in [3.63, 3.8) is 0 Å². The first-order chi connectivity index (χ1) is 6.93. The van der Waals surface area contributed by atoms with Crippen molar-refractivity contribution >= 4 is 29.2 Å². The predicted molar refractivity (Wildman–Crippen MR) is 61.7 cm³/mol. The third kappa shape index (κ3) is 2.86. The Morgan fingerprint density at radius 3 is 2.47 bits per heavy atom. The van der Waals surface area contributed by atoms with Gasteiger partial charge in [-0.3, -0.25) is 4.79 Å². The van der Waals surface area contributed by atoms with Crippen LogP contribution in [0.1, 0.15) is 19.4 Å². The van der Waals surface area contributed by atoms with Crippen molar-refractivity contribution in [2.24, 2.45) is 5.92 Å². The molecule has 0 aromatic heterocycles. The predicted octanol–water partition coefficient (Wildman–Crippen LogP) is 3.86. The van der Waals surface area contributed by atoms with Crippen LogP contribution in [0, 0.1) is 12.8 Å². The van der Waals surface area contributed by atoms with Crippen LogP contribution in [0.2, 0.25) is 10.0 Å². The molecule has 1 aromatic carbocycles. The molecule has 2 nitrogen and oxygen atoms in total. The molecule has 0 N–H and O–H groups in total. The molecule has 0 fully saturated rings. The van der Waals surface area contributed by atoms with Crippen molar-refractivity contribution < 1.29 is 9.53 Å². The first kappa shape index (κ1) is 12.3. The summed E-state index contributed by atoms with van der Waals surface area (Å²) in [5, 5.41) is 0.945. The number of carbonyl (C=O) groups is 1. The van der Waals surface area contributed by atoms with Crippen LogP contribution in [0.3, 0.4) is 0 Å². The SMILES string of the molecule is Cc1c(Cl)ccc(OC(=O)C(C)C)c1Cl. The molecule has 0 atom stereocenters. The summed E-state index contributed by atoms with van der Waals surface area (Å²) >= 11 is 11.8. The third-order valence-corrected chi connectivity index (χ3v) is 2.85. The van der Waals surface area contributed by atoms with Gasteiger partial charge in [-0.1, -0.05) is 37.0 Å². The van der Waals surface area contributed by atoms with E-state index in [-0.39, 0.29) is 11.9 Å². The molecule has 0 amide bonds. The van der Waals surface area contributed by atoms with Crippen LogP contribution >= 0.6 is 23.2 Å². The Morgan fingerprint density at radius 1 is 1.33 bits per heavy atom. The molecular weight excluding hydrogens is 235 g/mol. The Hall–Kier alpha value is -0.730. The van der Waals surface area contributed by atoms with Gasteiger partial charge in [0.15, 0.2) is 0 Å². The van der Waals surface area contributed by atoms with Crippen molar-refractivity contribution in [1.29, 1.82) is 0 Å². The molecule has 0 saturated carbocycles. The summed E-state index contributed by atoms with van der Waals surface area (Å²) in [6.45, 7) is 5.30. The van der Waals surface area contributed by atoms with Gasteiger partial charge >= 0.3 is 5.97 Å². The molecule has 4 heteroatoms. The van der Waals surface area contributed by atoms with Gasteiger partial charge in [0, 0.05) is 5.02 Å². The maximum Gasteiger partial charge on any atom is 0.313 e. The summed E-state index contributed by atoms with van der Waals surface area (Å²) in [6, 6.07) is 3.25. The van der Waals surface area contributed by atoms with Crippen LogP contribution in [0.5, 0.6) is 5.75 Å². The number of halogens is 2. The fraction of sp³-hybridized carbons (Fsp3) is 0.364. The second-order valence-electron chi connectivity index (χ2n) is 3.56. The largest absolute Gasteiger partial charge is 0.425 e. The number of hydrogen-bond donors (Lipinski definition) is 0. The average Bonchev–Trinajstić information content (AvgIpc) is 2.18. The molecular formula is C11H12Cl2O2. The highest BCUT2D eigenvalue weighted by molar-refractivity contribution is 6.36. The monoisotopic (exact) mass is 246 g/mol. The molecule has 0 radical (unpaired) electrons. The van der Waals surface area contributed by atoms with E-state index in [1.807, 2.05) is 0 Å². The van der Waals surface area contributed by atoms with Crippen molar-refractivity contribution in [1.82, 2.24) is 0 Å². The first-order valence-corrected chi connectivity index (χ1v) is 5.35. The Kier molecular flexibility index (Phi) is 4.00. The van der Waals surface area contributed by atoms with E-state index in [0.717, 1.165) is 0 Å². The molecule has 0 bridgehead atoms. The number of hydrogen-bond acceptors (Lipinski definition) is 2. The number of esters is 1. The van der Waals surface area contributed by atoms with Crippen molar-refractivity contribution in [3.05, 3.63) is 27.7 Å². The van der Waals surface area contributed by atoms with Gasteiger partial charge in [-0.25, -0.2) is 0 Å². The van der Waals surface area contributed by atoms with Crippen LogP contribution in [0.25, 0.3) is 0 Å². The highest BCUT2D eigenvalue weighted by atomic mass is 35.5. The van der Waals surface area contributed by atoms with Crippen molar-refractivity contribution in [3.8, 4) is 5.75 Å². The molecule has 0 saturated heterocycles. The van der Waals surface area contributed by atoms with E-state index >= 15 is 0 Å². The zero-order valence-electron chi connectivity index (χ0n) is 8.80. The maximum absolute atomic E-state index is 11.3. The zero-order valence-corrected chi connectivity index (χ0v) is 10.3. The minimum Gasteiger partial charge on any atom is -0.425 e. The maximum atomic E-state index is 11.3. The molecule has 82 valence electrons. The molecule has 0 heterocycles. The van der Waals surface area contributed by atoms with Gasteiger partial charge in [0.2, 0.25) is 0 Å². The third-order valence-electron chi connectivity index (χ3n) is 1.97. The lowest BCUT2D eigenvalue weighted by molar-refractivity contribution is -0.137. The summed E-state index contributed by atoms with van der Waals surface area (Å²) in [4.78, 5) is 11.3. The molecule has 0 aliphatic heterocycles. The first-order valence-electron chi connectivity index (χ1n) is 4.59. The van der Waals surface area contributed by atoms with Crippen molar-refractivity contribution in [2.45, 2.75) is 20.8 Å². The summed E-state index contributed by atoms with van der Waals surface area (Å²) in [5.74, 6) is -0.132. The summed E-state index contributed by atoms with van der Waals surface area (Å²) in [6.07, 6.45) is 0. The zero-order chi connectivity index (χ0) is 11.6. The second-order valence-corrected chi connectivity index (χ2v) is 4.35. The Balaban J connectivity index is 2.97. The van der Waals surface area contributed by atoms with Gasteiger partial charge in [0.1, 0.15) is 5.75 Å². The Labute approximate surface area is 99.1 Å². The standard InChI is InChI=1S/C11H12Cl2O2/c1-6(2)11(14)15-9-5-4-8(12)7(3)10(9)13/h4-6H,1-3H3. The lowest BCUT2D eigenvalue weighted by Gasteiger charge is -2.10. The molecule has 15 heavy (non-hydrogen) atoms. The van der Waals surface area contributed by atoms with E-state index in [2.05, 4.69) is 0 Å². The van der Waals surface area contributed by atoms with E-state index in [4.69, 9.17) is 27.9 Å². The lowest BCUT2D eigenvalue weighted by Crippen LogP contribution is -2.15. The number of ether oxygens (including phenoxy) is 1. The minimum absolute atomic E-state index is 0.183. The number of rotatable bonds is 2. The summed E-state index contributed by atoms with van der Waals surface area (Å²) in [5.41, 5.74) is 0.715. The van der Waals surface area contributed by atoms with Crippen LogP contribution in [0.15, 0.2) is 12.1 Å². The van der Waals surface area contributed by atoms with E-state index in [1.54, 1.807) is 32.9 Å². The Morgan fingerprint density at radius 2 is 1.93 bits per heavy atom. The fourth-order valence-corrected chi connectivity index (χ4v) is 1.35. The van der Waals surface area contributed by atoms with E-state index < -0.39 is 0 Å². The summed E-state index contributed by atoms with van der Waals surface area (Å²) < 4.78 is 5.11. The molecule has 0 unspecified atom stereocenters. The lowest BCUT2D eigenvalue weighted by atomic mass is 10.2. The van der Waals surface area contributed by atoms with Gasteiger partial charge < -0.3 is 4.74 Å². The van der Waals surface area contributed by atoms with Crippen LogP contribution < -0.4 is 4.74 Å². The van der Waals surface area contributed by atoms with Crippen molar-refractivity contribution in [2.75, 3.05) is 0 Å². The number of carbonyl (C=O) groups excluding carboxylic acids is 1. The normalized spacial score (nSPS) is 10.5. The molecule has 1 aromatic rings. The smallest absolute Gasteiger partial charge is 0.313 e. The minimum atomic E-state index is -0.307. The van der Waals surface area contributed by atoms with Gasteiger partial charge in [-0.2, -0.15) is 0 Å². The van der Waals surface area contributed by atoms with Gasteiger partial charge in [0.05, 0.1) is 10.9 Å². The van der Waals surface area contributed by atoms with Crippen LogP contribution in [-0.4, -0.2) is 5.97 Å². The molecule has 0 aliphatic rings. The van der Waals surface area contributed by atoms with Gasteiger partial charge in [0.25, 0.3) is 0 Å². The van der Waals surface area contributed by atoms with E-state index in [9.17, 15) is 4.79 Å². The van der Waals surface area contributed by atoms with E-state index in [0.29, 0.717) is 21.4 Å². The van der Waals surface area contributed by atoms with Crippen LogP contribution in [0.4, 0.5) is 0 Å². The fourth-order valence-electron chi connectivity index (χ4n) is 0.942. The van der Waals surface area contributed by atoms with Crippen LogP contribution in [-0.2, 0) is 4.79 Å². The number of benzene rings is 1. The highest BCUT2D eigenvalue weighted by Gasteiger charge is 2.14. The highest BCUT2D eigenvalue weighted by Crippen LogP contribution is 2.32. The molecule has 0 aliphatic carbocycles. The van der Waals surface area contributed by atoms with Gasteiger partial charge in [-0.15, -0.1) is 0 Å².